The number of carbonyl (C=O) groups is 1. The molecule has 1 saturated heterocycles. The van der Waals surface area contributed by atoms with Gasteiger partial charge in [0, 0.05) is 54.9 Å². The average Bonchev–Trinajstić information content (AvgIpc) is 3.18. The molecule has 3 N–H and O–H groups in total. The van der Waals surface area contributed by atoms with Gasteiger partial charge in [0.15, 0.2) is 0 Å². The quantitative estimate of drug-likeness (QED) is 0.592. The van der Waals surface area contributed by atoms with E-state index in [1.807, 2.05) is 27.8 Å². The number of aromatic nitrogens is 4. The Morgan fingerprint density at radius 2 is 1.83 bits per heavy atom. The number of pyridine rings is 2. The number of alkyl halides is 3. The number of amides is 2. The highest BCUT2D eigenvalue weighted by Gasteiger charge is 2.50. The third-order valence-corrected chi connectivity index (χ3v) is 7.62. The minimum absolute atomic E-state index is 0.0908. The number of rotatable bonds is 3. The molecule has 1 saturated carbocycles. The van der Waals surface area contributed by atoms with Crippen LogP contribution in [0.3, 0.4) is 0 Å². The number of hydrogen-bond acceptors (Lipinski definition) is 5. The highest BCUT2D eigenvalue weighted by molar-refractivity contribution is 5.76. The number of hydrogen-bond donors (Lipinski definition) is 2. The average molecular weight is 483 g/mol. The van der Waals surface area contributed by atoms with Gasteiger partial charge in [-0.25, -0.2) is 9.78 Å². The summed E-state index contributed by atoms with van der Waals surface area (Å²) in [7, 11) is 0. The van der Waals surface area contributed by atoms with E-state index in [0.29, 0.717) is 25.3 Å². The number of halogens is 3. The van der Waals surface area contributed by atoms with E-state index in [0.717, 1.165) is 43.0 Å². The first-order valence-electron chi connectivity index (χ1n) is 11.6. The van der Waals surface area contributed by atoms with Gasteiger partial charge >= 0.3 is 12.2 Å². The van der Waals surface area contributed by atoms with Crippen molar-refractivity contribution >= 4 is 11.8 Å². The molecule has 2 aliphatic heterocycles. The van der Waals surface area contributed by atoms with Crippen molar-refractivity contribution in [3.8, 4) is 11.3 Å². The zero-order valence-corrected chi connectivity index (χ0v) is 18.8. The topological polar surface area (TPSA) is 102 Å². The lowest BCUT2D eigenvalue weighted by molar-refractivity contribution is -0.137. The van der Waals surface area contributed by atoms with Gasteiger partial charge in [-0.1, -0.05) is 0 Å². The van der Waals surface area contributed by atoms with Crippen LogP contribution in [0.25, 0.3) is 11.3 Å². The molecule has 182 valence electrons. The molecule has 5 heterocycles. The Balaban J connectivity index is 1.22. The molecule has 0 aromatic carbocycles. The molecular weight excluding hydrogens is 459 g/mol. The monoisotopic (exact) mass is 483 g/mol. The van der Waals surface area contributed by atoms with Crippen LogP contribution in [0.2, 0.25) is 0 Å². The largest absolute Gasteiger partial charge is 0.419 e. The maximum Gasteiger partial charge on any atom is 0.419 e. The van der Waals surface area contributed by atoms with Gasteiger partial charge < -0.3 is 16.0 Å². The Labute approximate surface area is 199 Å². The Bertz CT molecular complexity index is 1300. The fourth-order valence-electron chi connectivity index (χ4n) is 5.47. The molecule has 2 fully saturated rings. The molecule has 35 heavy (non-hydrogen) atoms. The lowest BCUT2D eigenvalue weighted by Gasteiger charge is -2.26. The summed E-state index contributed by atoms with van der Waals surface area (Å²) in [6.45, 7) is 1.81. The molecule has 3 aliphatic rings. The van der Waals surface area contributed by atoms with Gasteiger partial charge in [-0.2, -0.15) is 18.3 Å². The molecule has 6 rings (SSSR count). The van der Waals surface area contributed by atoms with Crippen molar-refractivity contribution in [1.29, 1.82) is 0 Å². The van der Waals surface area contributed by atoms with Crippen LogP contribution in [-0.2, 0) is 23.7 Å². The maximum absolute atomic E-state index is 13.3. The summed E-state index contributed by atoms with van der Waals surface area (Å²) in [6.07, 6.45) is 3.60. The van der Waals surface area contributed by atoms with Crippen LogP contribution in [-0.4, -0.2) is 43.8 Å². The number of carbonyl (C=O) groups excluding carboxylic acids is 1. The molecule has 3 aromatic rings. The van der Waals surface area contributed by atoms with E-state index in [9.17, 15) is 18.0 Å². The van der Waals surface area contributed by atoms with Crippen molar-refractivity contribution < 1.29 is 18.0 Å². The van der Waals surface area contributed by atoms with E-state index >= 15 is 0 Å². The first-order valence-corrected chi connectivity index (χ1v) is 11.6. The van der Waals surface area contributed by atoms with Gasteiger partial charge in [0.25, 0.3) is 0 Å². The van der Waals surface area contributed by atoms with Crippen LogP contribution in [0.1, 0.15) is 42.5 Å². The van der Waals surface area contributed by atoms with Crippen molar-refractivity contribution in [2.75, 3.05) is 18.8 Å². The number of aryl methyl sites for hydroxylation is 1. The molecule has 8 nitrogen and oxygen atoms in total. The van der Waals surface area contributed by atoms with Crippen molar-refractivity contribution in [1.82, 2.24) is 30.0 Å². The first-order chi connectivity index (χ1) is 16.7. The molecule has 3 aromatic heterocycles. The highest BCUT2D eigenvalue weighted by Crippen LogP contribution is 2.47. The number of anilines is 1. The van der Waals surface area contributed by atoms with E-state index in [2.05, 4.69) is 20.4 Å². The summed E-state index contributed by atoms with van der Waals surface area (Å²) in [5, 5.41) is 7.78. The number of nitrogens with one attached hydrogen (secondary N) is 1. The van der Waals surface area contributed by atoms with Gasteiger partial charge in [0.05, 0.1) is 16.8 Å². The van der Waals surface area contributed by atoms with Crippen molar-refractivity contribution in [3.05, 3.63) is 59.7 Å². The van der Waals surface area contributed by atoms with Crippen LogP contribution in [0.5, 0.6) is 0 Å². The summed E-state index contributed by atoms with van der Waals surface area (Å²) in [5.41, 5.74) is 6.60. The number of likely N-dealkylation sites (tertiary alicyclic amines) is 1. The van der Waals surface area contributed by atoms with Crippen molar-refractivity contribution in [2.45, 2.75) is 49.4 Å². The van der Waals surface area contributed by atoms with Crippen molar-refractivity contribution in [3.63, 3.8) is 0 Å². The summed E-state index contributed by atoms with van der Waals surface area (Å²) < 4.78 is 41.8. The van der Waals surface area contributed by atoms with Gasteiger partial charge in [-0.3, -0.25) is 9.67 Å². The van der Waals surface area contributed by atoms with Crippen LogP contribution in [0.4, 0.5) is 23.8 Å². The predicted molar refractivity (Wildman–Crippen MR) is 121 cm³/mol. The Kier molecular flexibility index (Phi) is 4.64. The summed E-state index contributed by atoms with van der Waals surface area (Å²) in [4.78, 5) is 22.8. The predicted octanol–water partition coefficient (Wildman–Crippen LogP) is 3.69. The van der Waals surface area contributed by atoms with Gasteiger partial charge in [-0.15, -0.1) is 0 Å². The number of urea groups is 1. The second kappa shape index (κ2) is 7.43. The van der Waals surface area contributed by atoms with Gasteiger partial charge in [-0.05, 0) is 55.5 Å². The Hall–Kier alpha value is -3.63. The summed E-state index contributed by atoms with van der Waals surface area (Å²) in [6, 6.07) is 6.61. The molecule has 2 amide bonds. The van der Waals surface area contributed by atoms with Crippen LogP contribution in [0.15, 0.2) is 42.9 Å². The molecule has 1 atom stereocenters. The number of nitrogens with zero attached hydrogens (tertiary/aromatic N) is 5. The minimum Gasteiger partial charge on any atom is -0.383 e. The molecule has 1 aliphatic carbocycles. The summed E-state index contributed by atoms with van der Waals surface area (Å²) >= 11 is 0. The highest BCUT2D eigenvalue weighted by atomic mass is 19.4. The zero-order valence-electron chi connectivity index (χ0n) is 18.8. The minimum atomic E-state index is -4.59. The Morgan fingerprint density at radius 1 is 1.09 bits per heavy atom. The fourth-order valence-corrected chi connectivity index (χ4v) is 5.47. The number of nitrogen functional groups attached to an aromatic ring is 1. The maximum atomic E-state index is 13.3. The van der Waals surface area contributed by atoms with Crippen molar-refractivity contribution in [2.24, 2.45) is 0 Å². The molecule has 1 spiro atoms. The van der Waals surface area contributed by atoms with E-state index in [1.165, 1.54) is 6.20 Å². The van der Waals surface area contributed by atoms with E-state index in [4.69, 9.17) is 5.73 Å². The first kappa shape index (κ1) is 21.9. The molecular formula is C24H24F3N7O. The van der Waals surface area contributed by atoms with Crippen LogP contribution >= 0.6 is 0 Å². The zero-order chi connectivity index (χ0) is 24.4. The normalized spacial score (nSPS) is 22.4. The second-order valence-corrected chi connectivity index (χ2v) is 9.74. The SMILES string of the molecule is Nc1ncc(-c2cc3n(n2)CC[C@@]32CCN(C(=O)NC3(c4ccncc4)CC3)C2)cc1C(F)(F)F. The van der Waals surface area contributed by atoms with E-state index < -0.39 is 17.6 Å². The molecule has 0 bridgehead atoms. The third kappa shape index (κ3) is 3.60. The lowest BCUT2D eigenvalue weighted by atomic mass is 9.82. The number of nitrogens with two attached hydrogens (primary N) is 1. The van der Waals surface area contributed by atoms with E-state index in [1.54, 1.807) is 12.4 Å². The smallest absolute Gasteiger partial charge is 0.383 e. The van der Waals surface area contributed by atoms with Crippen LogP contribution < -0.4 is 11.1 Å². The lowest BCUT2D eigenvalue weighted by Crippen LogP contribution is -2.45. The number of fused-ring (bicyclic) bond motifs is 2. The molecule has 11 heteroatoms. The Morgan fingerprint density at radius 3 is 2.54 bits per heavy atom. The molecule has 0 unspecified atom stereocenters. The van der Waals surface area contributed by atoms with Gasteiger partial charge in [0.1, 0.15) is 5.82 Å². The fraction of sp³-hybridized carbons (Fsp3) is 0.417. The van der Waals surface area contributed by atoms with Crippen LogP contribution in [0, 0.1) is 0 Å². The van der Waals surface area contributed by atoms with E-state index in [-0.39, 0.29) is 22.5 Å². The summed E-state index contributed by atoms with van der Waals surface area (Å²) in [5.74, 6) is -0.554. The molecule has 0 radical (unpaired) electrons. The third-order valence-electron chi connectivity index (χ3n) is 7.62. The van der Waals surface area contributed by atoms with Gasteiger partial charge in [0.2, 0.25) is 0 Å². The second-order valence-electron chi connectivity index (χ2n) is 9.74. The standard InChI is InChI=1S/C24H24F3N7O/c25-24(26,27)17-11-15(13-30-20(17)28)18-12-19-22(6-10-34(19)32-18)5-9-33(14-22)21(35)31-23(3-4-23)16-1-7-29-8-2-16/h1-2,7-8,11-13H,3-6,9-10,14H2,(H2,28,30)(H,31,35)/t22-/m1/s1.